The zero-order valence-corrected chi connectivity index (χ0v) is 21.0. The lowest BCUT2D eigenvalue weighted by Gasteiger charge is -2.31. The van der Waals surface area contributed by atoms with Gasteiger partial charge in [-0.25, -0.2) is 24.3 Å². The molecule has 38 heavy (non-hydrogen) atoms. The van der Waals surface area contributed by atoms with Crippen LogP contribution >= 0.6 is 0 Å². The van der Waals surface area contributed by atoms with Gasteiger partial charge in [0.25, 0.3) is 0 Å². The van der Waals surface area contributed by atoms with Crippen LogP contribution in [0.4, 0.5) is 27.7 Å². The Labute approximate surface area is 219 Å². The molecule has 5 rings (SSSR count). The van der Waals surface area contributed by atoms with Crippen molar-refractivity contribution in [2.24, 2.45) is 0 Å². The largest absolute Gasteiger partial charge is 0.379 e. The van der Waals surface area contributed by atoms with Crippen LogP contribution in [0.3, 0.4) is 0 Å². The van der Waals surface area contributed by atoms with Crippen molar-refractivity contribution in [2.45, 2.75) is 25.6 Å². The minimum atomic E-state index is -0.906. The Bertz CT molecular complexity index is 1330. The number of aromatic nitrogens is 4. The molecule has 1 amide bonds. The Morgan fingerprint density at radius 2 is 2.03 bits per heavy atom. The summed E-state index contributed by atoms with van der Waals surface area (Å²) in [5.41, 5.74) is 2.24. The van der Waals surface area contributed by atoms with E-state index in [-0.39, 0.29) is 18.5 Å². The number of carbonyl (C=O) groups is 1. The molecule has 2 fully saturated rings. The molecule has 2 atom stereocenters. The summed E-state index contributed by atoms with van der Waals surface area (Å²) in [6.07, 6.45) is 4.35. The van der Waals surface area contributed by atoms with Crippen molar-refractivity contribution in [3.8, 4) is 17.3 Å². The summed E-state index contributed by atoms with van der Waals surface area (Å²) in [4.78, 5) is 34.0. The fraction of sp³-hybridized carbons (Fsp3) is 0.385. The van der Waals surface area contributed by atoms with E-state index in [4.69, 9.17) is 4.74 Å². The van der Waals surface area contributed by atoms with Gasteiger partial charge in [-0.05, 0) is 37.6 Å². The highest BCUT2D eigenvalue weighted by molar-refractivity contribution is 5.93. The topological polar surface area (TPSA) is 132 Å². The smallest absolute Gasteiger partial charge is 0.242 e. The molecule has 0 spiro atoms. The van der Waals surface area contributed by atoms with Gasteiger partial charge in [0.05, 0.1) is 48.9 Å². The molecular formula is C26H28FN9O2. The number of ether oxygens (including phenoxy) is 1. The van der Waals surface area contributed by atoms with Gasteiger partial charge >= 0.3 is 0 Å². The Kier molecular flexibility index (Phi) is 7.67. The van der Waals surface area contributed by atoms with Gasteiger partial charge in [-0.15, -0.1) is 0 Å². The summed E-state index contributed by atoms with van der Waals surface area (Å²) in [6, 6.07) is 8.79. The van der Waals surface area contributed by atoms with Gasteiger partial charge in [-0.3, -0.25) is 9.69 Å². The lowest BCUT2D eigenvalue weighted by atomic mass is 10.1. The van der Waals surface area contributed by atoms with Gasteiger partial charge in [0.15, 0.2) is 0 Å². The number of alkyl halides is 1. The van der Waals surface area contributed by atoms with E-state index in [0.717, 1.165) is 13.1 Å². The second-order valence-corrected chi connectivity index (χ2v) is 9.18. The number of halogens is 1. The Balaban J connectivity index is 1.24. The second-order valence-electron chi connectivity index (χ2n) is 9.18. The maximum atomic E-state index is 13.6. The lowest BCUT2D eigenvalue weighted by Crippen LogP contribution is -2.47. The zero-order valence-electron chi connectivity index (χ0n) is 21.0. The molecular weight excluding hydrogens is 489 g/mol. The maximum Gasteiger partial charge on any atom is 0.242 e. The van der Waals surface area contributed by atoms with E-state index in [1.165, 1.54) is 0 Å². The van der Waals surface area contributed by atoms with Crippen LogP contribution in [-0.4, -0.2) is 82.3 Å². The highest BCUT2D eigenvalue weighted by Crippen LogP contribution is 2.27. The molecule has 0 aliphatic carbocycles. The van der Waals surface area contributed by atoms with E-state index >= 15 is 0 Å². The van der Waals surface area contributed by atoms with Crippen molar-refractivity contribution in [3.05, 3.63) is 48.4 Å². The number of hydrogen-bond acceptors (Lipinski definition) is 10. The first-order valence-electron chi connectivity index (χ1n) is 12.5. The van der Waals surface area contributed by atoms with E-state index in [1.807, 2.05) is 6.92 Å². The molecule has 3 aromatic heterocycles. The minimum Gasteiger partial charge on any atom is -0.379 e. The zero-order chi connectivity index (χ0) is 26.5. The third-order valence-electron chi connectivity index (χ3n) is 6.61. The maximum absolute atomic E-state index is 13.6. The van der Waals surface area contributed by atoms with E-state index in [2.05, 4.69) is 41.5 Å². The molecule has 2 N–H and O–H groups in total. The Hall–Kier alpha value is -4.21. The second kappa shape index (κ2) is 11.5. The van der Waals surface area contributed by atoms with Crippen molar-refractivity contribution >= 4 is 29.2 Å². The van der Waals surface area contributed by atoms with Gasteiger partial charge in [0, 0.05) is 37.6 Å². The summed E-state index contributed by atoms with van der Waals surface area (Å²) in [7, 11) is 0. The first kappa shape index (κ1) is 25.4. The molecule has 11 nitrogen and oxygen atoms in total. The molecule has 196 valence electrons. The van der Waals surface area contributed by atoms with Crippen LogP contribution in [0.15, 0.2) is 42.9 Å². The van der Waals surface area contributed by atoms with Crippen LogP contribution in [0.25, 0.3) is 11.3 Å². The quantitative estimate of drug-likeness (QED) is 0.482. The summed E-state index contributed by atoms with van der Waals surface area (Å²) in [6.45, 7) is 5.34. The van der Waals surface area contributed by atoms with Gasteiger partial charge in [0.2, 0.25) is 11.9 Å². The van der Waals surface area contributed by atoms with Crippen molar-refractivity contribution in [1.29, 1.82) is 5.26 Å². The number of nitrogens with zero attached hydrogens (tertiary/aromatic N) is 7. The predicted octanol–water partition coefficient (Wildman–Crippen LogP) is 2.76. The van der Waals surface area contributed by atoms with Crippen LogP contribution in [0.2, 0.25) is 0 Å². The highest BCUT2D eigenvalue weighted by atomic mass is 19.1. The molecule has 0 saturated carbocycles. The van der Waals surface area contributed by atoms with E-state index in [1.54, 1.807) is 47.8 Å². The molecule has 2 aliphatic rings. The van der Waals surface area contributed by atoms with Crippen LogP contribution in [0, 0.1) is 11.3 Å². The SMILES string of the molecule is CC(C(=O)Nc1ccc(Nc2nccc(-c3cnc(N4CCC(F)C4)c(C#N)c3)n2)cn1)N1CCOCC1. The fourth-order valence-corrected chi connectivity index (χ4v) is 4.45. The average molecular weight is 518 g/mol. The van der Waals surface area contributed by atoms with Crippen molar-refractivity contribution < 1.29 is 13.9 Å². The summed E-state index contributed by atoms with van der Waals surface area (Å²) >= 11 is 0. The molecule has 12 heteroatoms. The number of nitriles is 1. The summed E-state index contributed by atoms with van der Waals surface area (Å²) in [5, 5.41) is 15.6. The van der Waals surface area contributed by atoms with Crippen molar-refractivity contribution in [3.63, 3.8) is 0 Å². The van der Waals surface area contributed by atoms with E-state index < -0.39 is 6.17 Å². The minimum absolute atomic E-state index is 0.123. The fourth-order valence-electron chi connectivity index (χ4n) is 4.45. The van der Waals surface area contributed by atoms with Crippen LogP contribution < -0.4 is 15.5 Å². The third kappa shape index (κ3) is 5.85. The van der Waals surface area contributed by atoms with E-state index in [0.29, 0.717) is 66.3 Å². The number of carbonyl (C=O) groups excluding carboxylic acids is 1. The number of morpholine rings is 1. The number of rotatable bonds is 7. The number of nitrogens with one attached hydrogen (secondary N) is 2. The monoisotopic (exact) mass is 517 g/mol. The standard InChI is InChI=1S/C26H28FN9O2/c1-17(35-8-10-38-11-9-35)25(37)34-23-3-2-21(15-30-23)32-26-29-6-4-22(33-26)19-12-18(13-28)24(31-14-19)36-7-5-20(27)16-36/h2-4,6,12,14-15,17,20H,5,7-11,16H2,1H3,(H,29,32,33)(H,30,34,37). The van der Waals surface area contributed by atoms with Crippen molar-refractivity contribution in [1.82, 2.24) is 24.8 Å². The summed E-state index contributed by atoms with van der Waals surface area (Å²) < 4.78 is 19.0. The summed E-state index contributed by atoms with van der Waals surface area (Å²) in [5.74, 6) is 1.15. The normalized spacial score (nSPS) is 18.6. The van der Waals surface area contributed by atoms with Crippen molar-refractivity contribution in [2.75, 3.05) is 54.9 Å². The number of amides is 1. The first-order chi connectivity index (χ1) is 18.5. The average Bonchev–Trinajstić information content (AvgIpc) is 3.39. The molecule has 2 aliphatic heterocycles. The predicted molar refractivity (Wildman–Crippen MR) is 140 cm³/mol. The van der Waals surface area contributed by atoms with Gasteiger partial charge in [0.1, 0.15) is 23.9 Å². The lowest BCUT2D eigenvalue weighted by molar-refractivity contribution is -0.122. The molecule has 0 radical (unpaired) electrons. The first-order valence-corrected chi connectivity index (χ1v) is 12.5. The van der Waals surface area contributed by atoms with Gasteiger partial charge in [-0.1, -0.05) is 0 Å². The molecule has 5 heterocycles. The molecule has 0 bridgehead atoms. The number of hydrogen-bond donors (Lipinski definition) is 2. The van der Waals surface area contributed by atoms with Crippen LogP contribution in [0.5, 0.6) is 0 Å². The molecule has 0 aromatic carbocycles. The third-order valence-corrected chi connectivity index (χ3v) is 6.61. The highest BCUT2D eigenvalue weighted by Gasteiger charge is 2.25. The van der Waals surface area contributed by atoms with Crippen LogP contribution in [0.1, 0.15) is 18.9 Å². The van der Waals surface area contributed by atoms with E-state index in [9.17, 15) is 14.4 Å². The molecule has 2 unspecified atom stereocenters. The van der Waals surface area contributed by atoms with Gasteiger partial charge < -0.3 is 20.3 Å². The number of pyridine rings is 2. The molecule has 3 aromatic rings. The Morgan fingerprint density at radius 3 is 2.74 bits per heavy atom. The molecule has 2 saturated heterocycles. The number of anilines is 4. The van der Waals surface area contributed by atoms with Crippen LogP contribution in [-0.2, 0) is 9.53 Å². The van der Waals surface area contributed by atoms with Gasteiger partial charge in [-0.2, -0.15) is 5.26 Å². The Morgan fingerprint density at radius 1 is 1.18 bits per heavy atom.